The first-order chi connectivity index (χ1) is 4.36. The Balaban J connectivity index is 3.08. The fraction of sp³-hybridized carbons (Fsp3) is 0. The lowest BCUT2D eigenvalue weighted by Gasteiger charge is -1.70. The van der Waals surface area contributed by atoms with Gasteiger partial charge < -0.3 is 0 Å². The third kappa shape index (κ3) is 1.13. The summed E-state index contributed by atoms with van der Waals surface area (Å²) in [5.41, 5.74) is 0.868. The molecule has 1 aromatic rings. The van der Waals surface area contributed by atoms with E-state index in [1.807, 2.05) is 11.4 Å². The van der Waals surface area contributed by atoms with Crippen LogP contribution in [-0.4, -0.2) is 0 Å². The van der Waals surface area contributed by atoms with Crippen LogP contribution < -0.4 is 0 Å². The standard InChI is InChI=1S/C8H4S/c1-3-7-5-8(4-2)9-6-7/h1-2,5-6H. The predicted molar refractivity (Wildman–Crippen MR) is 40.2 cm³/mol. The van der Waals surface area contributed by atoms with Crippen molar-refractivity contribution < 1.29 is 0 Å². The molecule has 0 bridgehead atoms. The van der Waals surface area contributed by atoms with Crippen molar-refractivity contribution in [2.45, 2.75) is 0 Å². The van der Waals surface area contributed by atoms with Gasteiger partial charge in [0.05, 0.1) is 4.88 Å². The molecule has 0 amide bonds. The van der Waals surface area contributed by atoms with Gasteiger partial charge in [0.25, 0.3) is 0 Å². The molecule has 1 rings (SSSR count). The van der Waals surface area contributed by atoms with E-state index in [0.29, 0.717) is 0 Å². The minimum Gasteiger partial charge on any atom is -0.134 e. The quantitative estimate of drug-likeness (QED) is 0.471. The maximum absolute atomic E-state index is 5.11. The lowest BCUT2D eigenvalue weighted by atomic mass is 10.3. The second-order valence-corrected chi connectivity index (χ2v) is 2.40. The monoisotopic (exact) mass is 132 g/mol. The first-order valence-corrected chi connectivity index (χ1v) is 3.26. The summed E-state index contributed by atoms with van der Waals surface area (Å²) in [6.07, 6.45) is 10.2. The molecule has 0 unspecified atom stereocenters. The highest BCUT2D eigenvalue weighted by Gasteiger charge is 1.90. The molecule has 0 aliphatic rings. The summed E-state index contributed by atoms with van der Waals surface area (Å²) in [4.78, 5) is 0.892. The Kier molecular flexibility index (Phi) is 1.58. The first-order valence-electron chi connectivity index (χ1n) is 2.38. The van der Waals surface area contributed by atoms with Gasteiger partial charge in [-0.2, -0.15) is 0 Å². The number of hydrogen-bond donors (Lipinski definition) is 0. The van der Waals surface area contributed by atoms with Gasteiger partial charge in [0.2, 0.25) is 0 Å². The van der Waals surface area contributed by atoms with Gasteiger partial charge >= 0.3 is 0 Å². The molecule has 0 radical (unpaired) electrons. The molecule has 0 saturated carbocycles. The van der Waals surface area contributed by atoms with Gasteiger partial charge in [0.15, 0.2) is 0 Å². The summed E-state index contributed by atoms with van der Waals surface area (Å²) in [5.74, 6) is 5.00. The molecule has 0 spiro atoms. The number of rotatable bonds is 0. The van der Waals surface area contributed by atoms with E-state index in [0.717, 1.165) is 10.4 Å². The highest BCUT2D eigenvalue weighted by Crippen LogP contribution is 2.11. The number of hydrogen-bond acceptors (Lipinski definition) is 1. The summed E-state index contributed by atoms with van der Waals surface area (Å²) < 4.78 is 0. The van der Waals surface area contributed by atoms with Crippen molar-refractivity contribution in [1.29, 1.82) is 0 Å². The molecule has 0 nitrogen and oxygen atoms in total. The Morgan fingerprint density at radius 3 is 2.44 bits per heavy atom. The van der Waals surface area contributed by atoms with Gasteiger partial charge in [-0.15, -0.1) is 24.2 Å². The molecule has 0 aliphatic heterocycles. The molecule has 0 N–H and O–H groups in total. The summed E-state index contributed by atoms with van der Waals surface area (Å²) in [7, 11) is 0. The average Bonchev–Trinajstić information content (AvgIpc) is 2.34. The van der Waals surface area contributed by atoms with Crippen LogP contribution in [0.4, 0.5) is 0 Å². The van der Waals surface area contributed by atoms with Crippen LogP contribution in [0.2, 0.25) is 0 Å². The average molecular weight is 132 g/mol. The molecular formula is C8H4S. The molecule has 0 atom stereocenters. The van der Waals surface area contributed by atoms with E-state index in [9.17, 15) is 0 Å². The summed E-state index contributed by atoms with van der Waals surface area (Å²) >= 11 is 1.50. The first kappa shape index (κ1) is 5.95. The smallest absolute Gasteiger partial charge is 0.0778 e. The van der Waals surface area contributed by atoms with Crippen molar-refractivity contribution in [2.75, 3.05) is 0 Å². The zero-order chi connectivity index (χ0) is 6.69. The number of thiophene rings is 1. The van der Waals surface area contributed by atoms with Gasteiger partial charge in [-0.25, -0.2) is 0 Å². The molecule has 0 saturated heterocycles. The zero-order valence-corrected chi connectivity index (χ0v) is 5.53. The Morgan fingerprint density at radius 2 is 2.11 bits per heavy atom. The largest absolute Gasteiger partial charge is 0.134 e. The Labute approximate surface area is 58.5 Å². The topological polar surface area (TPSA) is 0 Å². The van der Waals surface area contributed by atoms with Gasteiger partial charge in [0.1, 0.15) is 0 Å². The van der Waals surface area contributed by atoms with E-state index < -0.39 is 0 Å². The highest BCUT2D eigenvalue weighted by atomic mass is 32.1. The van der Waals surface area contributed by atoms with E-state index in [-0.39, 0.29) is 0 Å². The van der Waals surface area contributed by atoms with E-state index in [2.05, 4.69) is 11.8 Å². The second-order valence-electron chi connectivity index (χ2n) is 1.49. The summed E-state index contributed by atoms with van der Waals surface area (Å²) in [6, 6.07) is 1.82. The van der Waals surface area contributed by atoms with E-state index in [1.165, 1.54) is 11.3 Å². The second kappa shape index (κ2) is 2.40. The Bertz CT molecular complexity index is 252. The molecule has 0 fully saturated rings. The molecule has 9 heavy (non-hydrogen) atoms. The predicted octanol–water partition coefficient (Wildman–Crippen LogP) is 1.71. The van der Waals surface area contributed by atoms with Crippen molar-refractivity contribution in [3.63, 3.8) is 0 Å². The fourth-order valence-electron chi connectivity index (χ4n) is 0.488. The van der Waals surface area contributed by atoms with E-state index in [4.69, 9.17) is 12.8 Å². The van der Waals surface area contributed by atoms with Gasteiger partial charge in [-0.05, 0) is 6.07 Å². The van der Waals surface area contributed by atoms with Crippen LogP contribution in [0.25, 0.3) is 0 Å². The fourth-order valence-corrected chi connectivity index (χ4v) is 1.14. The number of terminal acetylenes is 2. The lowest BCUT2D eigenvalue weighted by Crippen LogP contribution is -1.59. The van der Waals surface area contributed by atoms with Crippen molar-refractivity contribution in [3.8, 4) is 24.7 Å². The Morgan fingerprint density at radius 1 is 1.33 bits per heavy atom. The van der Waals surface area contributed by atoms with Gasteiger partial charge in [-0.3, -0.25) is 0 Å². The van der Waals surface area contributed by atoms with Crippen molar-refractivity contribution in [1.82, 2.24) is 0 Å². The lowest BCUT2D eigenvalue weighted by molar-refractivity contribution is 1.83. The highest BCUT2D eigenvalue weighted by molar-refractivity contribution is 7.10. The van der Waals surface area contributed by atoms with Crippen molar-refractivity contribution >= 4 is 11.3 Å². The summed E-state index contributed by atoms with van der Waals surface area (Å²) in [5, 5.41) is 1.87. The minimum atomic E-state index is 0.868. The van der Waals surface area contributed by atoms with Crippen LogP contribution in [0.1, 0.15) is 10.4 Å². The maximum atomic E-state index is 5.11. The van der Waals surface area contributed by atoms with Crippen LogP contribution in [0.15, 0.2) is 11.4 Å². The SMILES string of the molecule is C#Cc1csc(C#C)c1. The molecule has 0 aliphatic carbocycles. The van der Waals surface area contributed by atoms with Crippen molar-refractivity contribution in [2.24, 2.45) is 0 Å². The third-order valence-electron chi connectivity index (χ3n) is 0.908. The van der Waals surface area contributed by atoms with Crippen LogP contribution in [0.5, 0.6) is 0 Å². The molecule has 1 heteroatoms. The molecule has 42 valence electrons. The van der Waals surface area contributed by atoms with E-state index in [1.54, 1.807) is 0 Å². The normalized spacial score (nSPS) is 7.78. The maximum Gasteiger partial charge on any atom is 0.0778 e. The molecule has 0 aromatic carbocycles. The van der Waals surface area contributed by atoms with Crippen LogP contribution >= 0.6 is 11.3 Å². The third-order valence-corrected chi connectivity index (χ3v) is 1.77. The van der Waals surface area contributed by atoms with Crippen LogP contribution in [-0.2, 0) is 0 Å². The zero-order valence-electron chi connectivity index (χ0n) is 4.72. The van der Waals surface area contributed by atoms with Gasteiger partial charge in [-0.1, -0.05) is 11.8 Å². The minimum absolute atomic E-state index is 0.868. The van der Waals surface area contributed by atoms with Gasteiger partial charge in [0, 0.05) is 10.9 Å². The molecular weight excluding hydrogens is 128 g/mol. The van der Waals surface area contributed by atoms with Crippen LogP contribution in [0.3, 0.4) is 0 Å². The Hall–Kier alpha value is -1.18. The molecule has 1 aromatic heterocycles. The summed E-state index contributed by atoms with van der Waals surface area (Å²) in [6.45, 7) is 0. The van der Waals surface area contributed by atoms with Crippen LogP contribution in [0, 0.1) is 24.7 Å². The van der Waals surface area contributed by atoms with Crippen molar-refractivity contribution in [3.05, 3.63) is 21.9 Å². The van der Waals surface area contributed by atoms with E-state index >= 15 is 0 Å². The molecule has 1 heterocycles.